The lowest BCUT2D eigenvalue weighted by Crippen LogP contribution is -2.33. The smallest absolute Gasteiger partial charge is 0.238 e. The van der Waals surface area contributed by atoms with Crippen molar-refractivity contribution in [2.24, 2.45) is 30.5 Å². The number of anilines is 1. The van der Waals surface area contributed by atoms with Gasteiger partial charge in [0, 0.05) is 25.4 Å². The summed E-state index contributed by atoms with van der Waals surface area (Å²) in [4.78, 5) is 26.1. The first-order chi connectivity index (χ1) is 9.02. The predicted octanol–water partition coefficient (Wildman–Crippen LogP) is 0.414. The third kappa shape index (κ3) is 1.70. The van der Waals surface area contributed by atoms with E-state index in [0.29, 0.717) is 11.7 Å². The van der Waals surface area contributed by atoms with Crippen LogP contribution in [0.3, 0.4) is 0 Å². The van der Waals surface area contributed by atoms with E-state index >= 15 is 0 Å². The molecule has 1 aliphatic heterocycles. The fourth-order valence-corrected chi connectivity index (χ4v) is 3.34. The Morgan fingerprint density at radius 3 is 2.42 bits per heavy atom. The maximum Gasteiger partial charge on any atom is 0.238 e. The van der Waals surface area contributed by atoms with E-state index < -0.39 is 0 Å². The van der Waals surface area contributed by atoms with E-state index in [0.717, 1.165) is 18.4 Å². The lowest BCUT2D eigenvalue weighted by molar-refractivity contribution is -0.123. The lowest BCUT2D eigenvalue weighted by atomic mass is 10.00. The van der Waals surface area contributed by atoms with Crippen molar-refractivity contribution in [3.8, 4) is 0 Å². The Bertz CT molecular complexity index is 527. The standard InChI is InChI=1S/C13H18N4O2/c1-7-3-9-10(4-7)13(19)17(12(9)18)11-8(5-14)6-16(2)15-11/h6-7,9-10H,3-5,14H2,1-2H3. The Morgan fingerprint density at radius 1 is 1.32 bits per heavy atom. The summed E-state index contributed by atoms with van der Waals surface area (Å²) in [6.45, 7) is 2.36. The molecule has 6 heteroatoms. The molecule has 3 rings (SSSR count). The van der Waals surface area contributed by atoms with Gasteiger partial charge in [0.2, 0.25) is 11.8 Å². The summed E-state index contributed by atoms with van der Waals surface area (Å²) in [5.74, 6) is 0.343. The van der Waals surface area contributed by atoms with E-state index in [1.165, 1.54) is 4.90 Å². The van der Waals surface area contributed by atoms with Crippen LogP contribution in [0.25, 0.3) is 0 Å². The lowest BCUT2D eigenvalue weighted by Gasteiger charge is -2.15. The van der Waals surface area contributed by atoms with Gasteiger partial charge in [-0.25, -0.2) is 4.90 Å². The van der Waals surface area contributed by atoms with Gasteiger partial charge in [-0.2, -0.15) is 5.10 Å². The van der Waals surface area contributed by atoms with E-state index in [-0.39, 0.29) is 30.2 Å². The van der Waals surface area contributed by atoms with Crippen molar-refractivity contribution in [2.45, 2.75) is 26.3 Å². The van der Waals surface area contributed by atoms with Crippen LogP contribution in [-0.4, -0.2) is 21.6 Å². The molecular formula is C13H18N4O2. The highest BCUT2D eigenvalue weighted by Gasteiger charge is 2.53. The first-order valence-corrected chi connectivity index (χ1v) is 6.63. The first kappa shape index (κ1) is 12.3. The van der Waals surface area contributed by atoms with Gasteiger partial charge >= 0.3 is 0 Å². The monoisotopic (exact) mass is 262 g/mol. The van der Waals surface area contributed by atoms with E-state index in [4.69, 9.17) is 5.73 Å². The van der Waals surface area contributed by atoms with Gasteiger partial charge in [-0.3, -0.25) is 14.3 Å². The summed E-state index contributed by atoms with van der Waals surface area (Å²) in [6, 6.07) is 0. The van der Waals surface area contributed by atoms with Crippen LogP contribution >= 0.6 is 0 Å². The minimum atomic E-state index is -0.157. The molecule has 2 atom stereocenters. The van der Waals surface area contributed by atoms with Crippen molar-refractivity contribution in [2.75, 3.05) is 4.90 Å². The number of imide groups is 1. The van der Waals surface area contributed by atoms with Crippen LogP contribution in [0, 0.1) is 17.8 Å². The van der Waals surface area contributed by atoms with Crippen LogP contribution in [0.4, 0.5) is 5.82 Å². The van der Waals surface area contributed by atoms with Crippen molar-refractivity contribution in [3.05, 3.63) is 11.8 Å². The summed E-state index contributed by atoms with van der Waals surface area (Å²) in [5.41, 5.74) is 6.39. The van der Waals surface area contributed by atoms with Gasteiger partial charge in [-0.1, -0.05) is 6.92 Å². The minimum absolute atomic E-state index is 0.104. The highest BCUT2D eigenvalue weighted by Crippen LogP contribution is 2.44. The van der Waals surface area contributed by atoms with Crippen molar-refractivity contribution in [1.29, 1.82) is 0 Å². The molecule has 1 aromatic rings. The number of amides is 2. The summed E-state index contributed by atoms with van der Waals surface area (Å²) in [7, 11) is 1.76. The number of rotatable bonds is 2. The molecule has 0 spiro atoms. The number of aryl methyl sites for hydroxylation is 1. The van der Waals surface area contributed by atoms with E-state index in [1.807, 2.05) is 0 Å². The van der Waals surface area contributed by atoms with Crippen LogP contribution in [0.2, 0.25) is 0 Å². The number of aromatic nitrogens is 2. The van der Waals surface area contributed by atoms with E-state index in [1.54, 1.807) is 17.9 Å². The van der Waals surface area contributed by atoms with Crippen LogP contribution < -0.4 is 10.6 Å². The summed E-state index contributed by atoms with van der Waals surface area (Å²) >= 11 is 0. The Hall–Kier alpha value is -1.69. The molecule has 1 aromatic heterocycles. The maximum atomic E-state index is 12.4. The molecule has 2 heterocycles. The highest BCUT2D eigenvalue weighted by atomic mass is 16.2. The van der Waals surface area contributed by atoms with Crippen molar-refractivity contribution in [3.63, 3.8) is 0 Å². The van der Waals surface area contributed by atoms with Crippen molar-refractivity contribution < 1.29 is 9.59 Å². The fourth-order valence-electron chi connectivity index (χ4n) is 3.34. The number of carbonyl (C=O) groups is 2. The van der Waals surface area contributed by atoms with Crippen molar-refractivity contribution in [1.82, 2.24) is 9.78 Å². The molecule has 0 bridgehead atoms. The van der Waals surface area contributed by atoms with Crippen LogP contribution in [0.5, 0.6) is 0 Å². The second-order valence-electron chi connectivity index (χ2n) is 5.66. The quantitative estimate of drug-likeness (QED) is 0.783. The molecule has 2 unspecified atom stereocenters. The summed E-state index contributed by atoms with van der Waals surface area (Å²) in [5, 5.41) is 4.23. The van der Waals surface area contributed by atoms with Gasteiger partial charge in [0.25, 0.3) is 0 Å². The molecule has 2 amide bonds. The second-order valence-corrected chi connectivity index (χ2v) is 5.66. The topological polar surface area (TPSA) is 81.2 Å². The molecule has 2 N–H and O–H groups in total. The fraction of sp³-hybridized carbons (Fsp3) is 0.615. The maximum absolute atomic E-state index is 12.4. The molecule has 0 radical (unpaired) electrons. The van der Waals surface area contributed by atoms with Crippen LogP contribution in [0.15, 0.2) is 6.20 Å². The number of nitrogens with zero attached hydrogens (tertiary/aromatic N) is 3. The molecule has 19 heavy (non-hydrogen) atoms. The Balaban J connectivity index is 1.98. The molecule has 102 valence electrons. The predicted molar refractivity (Wildman–Crippen MR) is 69.0 cm³/mol. The molecule has 6 nitrogen and oxygen atoms in total. The average molecular weight is 262 g/mol. The van der Waals surface area contributed by atoms with Gasteiger partial charge in [-0.15, -0.1) is 0 Å². The SMILES string of the molecule is CC1CC2C(=O)N(c3nn(C)cc3CN)C(=O)C2C1. The third-order valence-corrected chi connectivity index (χ3v) is 4.19. The number of nitrogens with two attached hydrogens (primary N) is 1. The second kappa shape index (κ2) is 4.16. The third-order valence-electron chi connectivity index (χ3n) is 4.19. The first-order valence-electron chi connectivity index (χ1n) is 6.63. The molecule has 2 aliphatic rings. The van der Waals surface area contributed by atoms with Gasteiger partial charge < -0.3 is 5.73 Å². The van der Waals surface area contributed by atoms with Crippen LogP contribution in [-0.2, 0) is 23.2 Å². The Morgan fingerprint density at radius 2 is 1.89 bits per heavy atom. The van der Waals surface area contributed by atoms with Crippen molar-refractivity contribution >= 4 is 17.6 Å². The Kier molecular flexibility index (Phi) is 2.70. The number of carbonyl (C=O) groups excluding carboxylic acids is 2. The molecule has 2 fully saturated rings. The summed E-state index contributed by atoms with van der Waals surface area (Å²) in [6.07, 6.45) is 3.36. The zero-order valence-corrected chi connectivity index (χ0v) is 11.2. The average Bonchev–Trinajstić information content (AvgIpc) is 2.97. The largest absolute Gasteiger partial charge is 0.326 e. The molecule has 1 aliphatic carbocycles. The van der Waals surface area contributed by atoms with E-state index in [9.17, 15) is 9.59 Å². The van der Waals surface area contributed by atoms with Gasteiger partial charge in [0.15, 0.2) is 5.82 Å². The van der Waals surface area contributed by atoms with Gasteiger partial charge in [0.1, 0.15) is 0 Å². The zero-order valence-electron chi connectivity index (χ0n) is 11.2. The highest BCUT2D eigenvalue weighted by molar-refractivity contribution is 6.22. The van der Waals surface area contributed by atoms with Gasteiger partial charge in [0.05, 0.1) is 11.8 Å². The normalized spacial score (nSPS) is 30.3. The number of hydrogen-bond donors (Lipinski definition) is 1. The molecule has 0 aromatic carbocycles. The molecular weight excluding hydrogens is 244 g/mol. The Labute approximate surface area is 111 Å². The molecule has 1 saturated carbocycles. The summed E-state index contributed by atoms with van der Waals surface area (Å²) < 4.78 is 1.59. The number of fused-ring (bicyclic) bond motifs is 1. The number of hydrogen-bond acceptors (Lipinski definition) is 4. The molecule has 1 saturated heterocycles. The van der Waals surface area contributed by atoms with E-state index in [2.05, 4.69) is 12.0 Å². The zero-order chi connectivity index (χ0) is 13.7. The van der Waals surface area contributed by atoms with Gasteiger partial charge in [-0.05, 0) is 18.8 Å². The minimum Gasteiger partial charge on any atom is -0.326 e. The van der Waals surface area contributed by atoms with Crippen LogP contribution in [0.1, 0.15) is 25.3 Å².